The molecule has 0 unspecified atom stereocenters. The second-order valence-corrected chi connectivity index (χ2v) is 3.33. The normalized spacial score (nSPS) is 13.1. The first-order valence-corrected chi connectivity index (χ1v) is 4.39. The maximum absolute atomic E-state index is 4.57. The minimum Gasteiger partial charge on any atom is -0.682 e. The van der Waals surface area contributed by atoms with E-state index < -0.39 is 0 Å². The number of benzene rings is 1. The molecule has 1 nitrogen and oxygen atoms in total. The van der Waals surface area contributed by atoms with E-state index >= 15 is 0 Å². The summed E-state index contributed by atoms with van der Waals surface area (Å²) in [5.41, 5.74) is 3.95. The van der Waals surface area contributed by atoms with E-state index in [-0.39, 0.29) is 70.2 Å². The summed E-state index contributed by atoms with van der Waals surface area (Å²) in [6, 6.07) is 9.16. The number of hydrogen-bond donors (Lipinski definition) is 0. The molecule has 0 saturated carbocycles. The Kier molecular flexibility index (Phi) is 5.00. The smallest absolute Gasteiger partial charge is 0.682 e. The molecule has 1 aromatic heterocycles. The van der Waals surface area contributed by atoms with Crippen LogP contribution in [0, 0.1) is 6.07 Å². The van der Waals surface area contributed by atoms with Gasteiger partial charge in [-0.05, 0) is 19.3 Å². The minimum atomic E-state index is 0. The minimum absolute atomic E-state index is 0. The van der Waals surface area contributed by atoms with Crippen LogP contribution in [-0.2, 0) is 12.8 Å². The van der Waals surface area contributed by atoms with Crippen LogP contribution >= 0.6 is 0 Å². The zero-order chi connectivity index (χ0) is 7.97. The van der Waals surface area contributed by atoms with Crippen molar-refractivity contribution in [1.82, 2.24) is 4.98 Å². The second kappa shape index (κ2) is 5.36. The van der Waals surface area contributed by atoms with Gasteiger partial charge in [0.05, 0.1) is 0 Å². The standard InChI is InChI=1S/C11H9N.K.Li/c1-2-6-10-8(4-1)9-5-3-7-11(9)12-10;;/h2,4,6H,3,5,7H2;;/q-2;2*+1. The van der Waals surface area contributed by atoms with E-state index in [0.717, 1.165) is 5.52 Å². The Bertz CT molecular complexity index is 436. The molecule has 0 amide bonds. The first-order chi connectivity index (χ1) is 5.95. The van der Waals surface area contributed by atoms with Crippen LogP contribution < -0.4 is 75.2 Å². The SMILES string of the molecule is [K+].[Li+].[c-]1ccc2[n-]c3c(c2c1)CCC3. The van der Waals surface area contributed by atoms with Crippen molar-refractivity contribution in [1.29, 1.82) is 0 Å². The molecule has 3 heteroatoms. The summed E-state index contributed by atoms with van der Waals surface area (Å²) >= 11 is 0. The van der Waals surface area contributed by atoms with Gasteiger partial charge in [0, 0.05) is 0 Å². The molecular formula is C11H9KLiN. The summed E-state index contributed by atoms with van der Waals surface area (Å²) in [6.07, 6.45) is 3.66. The van der Waals surface area contributed by atoms with Gasteiger partial charge in [0.2, 0.25) is 0 Å². The predicted molar refractivity (Wildman–Crippen MR) is 48.1 cm³/mol. The quantitative estimate of drug-likeness (QED) is 0.314. The van der Waals surface area contributed by atoms with Crippen LogP contribution in [0.3, 0.4) is 0 Å². The van der Waals surface area contributed by atoms with Gasteiger partial charge in [-0.15, -0.1) is 10.9 Å². The Labute approximate surface area is 139 Å². The molecule has 3 rings (SSSR count). The Balaban J connectivity index is 0.000000490. The van der Waals surface area contributed by atoms with E-state index in [1.165, 1.54) is 35.9 Å². The number of nitrogens with zero attached hydrogens (tertiary/aromatic N) is 1. The molecule has 0 spiro atoms. The van der Waals surface area contributed by atoms with Gasteiger partial charge < -0.3 is 4.98 Å². The number of hydrogen-bond acceptors (Lipinski definition) is 0. The van der Waals surface area contributed by atoms with Crippen molar-refractivity contribution in [2.45, 2.75) is 19.3 Å². The third-order valence-corrected chi connectivity index (χ3v) is 2.61. The van der Waals surface area contributed by atoms with Gasteiger partial charge >= 0.3 is 70.2 Å². The van der Waals surface area contributed by atoms with Crippen molar-refractivity contribution in [2.75, 3.05) is 0 Å². The van der Waals surface area contributed by atoms with E-state index in [2.05, 4.69) is 17.1 Å². The third kappa shape index (κ3) is 2.08. The van der Waals surface area contributed by atoms with Crippen LogP contribution in [0.15, 0.2) is 18.2 Å². The van der Waals surface area contributed by atoms with Crippen LogP contribution in [-0.4, -0.2) is 0 Å². The van der Waals surface area contributed by atoms with E-state index in [4.69, 9.17) is 0 Å². The average molecular weight is 201 g/mol. The van der Waals surface area contributed by atoms with Crippen LogP contribution in [0.2, 0.25) is 0 Å². The second-order valence-electron chi connectivity index (χ2n) is 3.33. The maximum Gasteiger partial charge on any atom is 1.00 e. The van der Waals surface area contributed by atoms with Crippen molar-refractivity contribution in [3.05, 3.63) is 35.5 Å². The zero-order valence-electron chi connectivity index (χ0n) is 8.80. The summed E-state index contributed by atoms with van der Waals surface area (Å²) < 4.78 is 0. The molecule has 1 aromatic carbocycles. The Hall–Kier alpha value is 0.994. The van der Waals surface area contributed by atoms with Gasteiger partial charge in [0.1, 0.15) is 0 Å². The monoisotopic (exact) mass is 201 g/mol. The van der Waals surface area contributed by atoms with Crippen molar-refractivity contribution in [3.8, 4) is 0 Å². The van der Waals surface area contributed by atoms with Gasteiger partial charge in [-0.1, -0.05) is 0 Å². The fourth-order valence-electron chi connectivity index (χ4n) is 2.05. The van der Waals surface area contributed by atoms with Crippen LogP contribution in [0.25, 0.3) is 10.9 Å². The van der Waals surface area contributed by atoms with Crippen molar-refractivity contribution < 1.29 is 70.2 Å². The summed E-state index contributed by atoms with van der Waals surface area (Å²) in [6.45, 7) is 0. The molecule has 0 radical (unpaired) electrons. The Morgan fingerprint density at radius 3 is 3.00 bits per heavy atom. The van der Waals surface area contributed by atoms with Crippen molar-refractivity contribution in [3.63, 3.8) is 0 Å². The number of rotatable bonds is 0. The summed E-state index contributed by atoms with van der Waals surface area (Å²) in [5, 5.41) is 1.32. The molecule has 2 aromatic rings. The maximum atomic E-state index is 4.57. The topological polar surface area (TPSA) is 14.1 Å². The molecule has 0 fully saturated rings. The summed E-state index contributed by atoms with van der Waals surface area (Å²) in [5.74, 6) is 0. The number of aromatic nitrogens is 1. The van der Waals surface area contributed by atoms with Gasteiger partial charge in [-0.3, -0.25) is 0 Å². The van der Waals surface area contributed by atoms with Crippen LogP contribution in [0.1, 0.15) is 17.7 Å². The third-order valence-electron chi connectivity index (χ3n) is 2.61. The first kappa shape index (κ1) is 13.1. The fourth-order valence-corrected chi connectivity index (χ4v) is 2.05. The molecule has 0 bridgehead atoms. The zero-order valence-corrected chi connectivity index (χ0v) is 11.9. The van der Waals surface area contributed by atoms with E-state index in [0.29, 0.717) is 0 Å². The van der Waals surface area contributed by atoms with Gasteiger partial charge in [-0.2, -0.15) is 30.0 Å². The van der Waals surface area contributed by atoms with E-state index in [1.807, 2.05) is 12.1 Å². The molecule has 0 N–H and O–H groups in total. The molecule has 60 valence electrons. The summed E-state index contributed by atoms with van der Waals surface area (Å²) in [4.78, 5) is 4.57. The molecule has 0 atom stereocenters. The fraction of sp³-hybridized carbons (Fsp3) is 0.273. The average Bonchev–Trinajstić information content (AvgIpc) is 2.62. The molecular weight excluding hydrogens is 192 g/mol. The molecule has 14 heavy (non-hydrogen) atoms. The summed E-state index contributed by atoms with van der Waals surface area (Å²) in [7, 11) is 0. The first-order valence-electron chi connectivity index (χ1n) is 4.39. The van der Waals surface area contributed by atoms with Crippen molar-refractivity contribution >= 4 is 10.9 Å². The van der Waals surface area contributed by atoms with Crippen LogP contribution in [0.4, 0.5) is 0 Å². The number of fused-ring (bicyclic) bond motifs is 3. The predicted octanol–water partition coefficient (Wildman–Crippen LogP) is -3.91. The van der Waals surface area contributed by atoms with E-state index in [9.17, 15) is 0 Å². The number of aryl methyl sites for hydroxylation is 2. The van der Waals surface area contributed by atoms with Gasteiger partial charge in [-0.25, -0.2) is 5.52 Å². The molecule has 0 saturated heterocycles. The Morgan fingerprint density at radius 1 is 1.29 bits per heavy atom. The van der Waals surface area contributed by atoms with Crippen LogP contribution in [0.5, 0.6) is 0 Å². The largest absolute Gasteiger partial charge is 1.00 e. The van der Waals surface area contributed by atoms with Gasteiger partial charge in [0.25, 0.3) is 0 Å². The van der Waals surface area contributed by atoms with Gasteiger partial charge in [0.15, 0.2) is 0 Å². The Morgan fingerprint density at radius 2 is 2.14 bits per heavy atom. The molecule has 1 aliphatic rings. The molecule has 1 aliphatic carbocycles. The molecule has 1 heterocycles. The van der Waals surface area contributed by atoms with Crippen molar-refractivity contribution in [2.24, 2.45) is 0 Å². The van der Waals surface area contributed by atoms with E-state index in [1.54, 1.807) is 0 Å². The molecule has 0 aliphatic heterocycles.